The van der Waals surface area contributed by atoms with Crippen molar-refractivity contribution < 1.29 is 4.79 Å². The van der Waals surface area contributed by atoms with Gasteiger partial charge in [-0.05, 0) is 54.8 Å². The number of benzene rings is 2. The van der Waals surface area contributed by atoms with Crippen molar-refractivity contribution in [1.29, 1.82) is 0 Å². The number of carbonyl (C=O) groups is 1. The van der Waals surface area contributed by atoms with Crippen LogP contribution in [0, 0.1) is 0 Å². The molecule has 2 N–H and O–H groups in total. The van der Waals surface area contributed by atoms with Gasteiger partial charge in [0, 0.05) is 49.8 Å². The van der Waals surface area contributed by atoms with Crippen molar-refractivity contribution in [2.45, 2.75) is 25.4 Å². The Morgan fingerprint density at radius 2 is 1.92 bits per heavy atom. The van der Waals surface area contributed by atoms with Gasteiger partial charge in [-0.1, -0.05) is 36.4 Å². The molecule has 1 unspecified atom stereocenters. The zero-order valence-electron chi connectivity index (χ0n) is 20.7. The predicted octanol–water partition coefficient (Wildman–Crippen LogP) is 4.87. The summed E-state index contributed by atoms with van der Waals surface area (Å²) in [6.07, 6.45) is 6.08. The molecule has 184 valence electrons. The second-order valence-corrected chi connectivity index (χ2v) is 9.77. The number of hydrogen-bond acceptors (Lipinski definition) is 6. The largest absolute Gasteiger partial charge is 0.385 e. The lowest BCUT2D eigenvalue weighted by Gasteiger charge is -2.41. The fourth-order valence-corrected chi connectivity index (χ4v) is 5.34. The van der Waals surface area contributed by atoms with Crippen LogP contribution < -0.4 is 15.5 Å². The molecule has 2 amide bonds. The first kappa shape index (κ1) is 22.5. The van der Waals surface area contributed by atoms with Crippen molar-refractivity contribution in [1.82, 2.24) is 19.8 Å². The van der Waals surface area contributed by atoms with Gasteiger partial charge in [0.15, 0.2) is 0 Å². The van der Waals surface area contributed by atoms with Crippen LogP contribution in [0.3, 0.4) is 0 Å². The lowest BCUT2D eigenvalue weighted by atomic mass is 9.95. The summed E-state index contributed by atoms with van der Waals surface area (Å²) < 4.78 is 0. The molecule has 0 saturated heterocycles. The SMILES string of the molecule is CN1CC=C(c2ccc(Nc3ncc4c(n3)N(C)C(=O)N(C3CCNc5ccccc53)C4)cc2)CC1. The molecule has 36 heavy (non-hydrogen) atoms. The van der Waals surface area contributed by atoms with Crippen molar-refractivity contribution in [3.05, 3.63) is 77.5 Å². The fourth-order valence-electron chi connectivity index (χ4n) is 5.34. The molecule has 3 aliphatic rings. The van der Waals surface area contributed by atoms with Crippen LogP contribution in [0.15, 0.2) is 60.8 Å². The molecule has 0 spiro atoms. The number of nitrogens with one attached hydrogen (secondary N) is 2. The second-order valence-electron chi connectivity index (χ2n) is 9.77. The topological polar surface area (TPSA) is 76.6 Å². The van der Waals surface area contributed by atoms with Crippen LogP contribution in [0.2, 0.25) is 0 Å². The first-order valence-corrected chi connectivity index (χ1v) is 12.5. The second kappa shape index (κ2) is 9.28. The number of likely N-dealkylation sites (N-methyl/N-ethyl adjacent to an activating group) is 1. The molecule has 2 aromatic carbocycles. The fraction of sp³-hybridized carbons (Fsp3) is 0.321. The van der Waals surface area contributed by atoms with Gasteiger partial charge in [-0.15, -0.1) is 0 Å². The first-order valence-electron chi connectivity index (χ1n) is 12.5. The van der Waals surface area contributed by atoms with Crippen LogP contribution in [0.25, 0.3) is 5.57 Å². The summed E-state index contributed by atoms with van der Waals surface area (Å²) in [5.41, 5.74) is 6.78. The van der Waals surface area contributed by atoms with Gasteiger partial charge in [-0.2, -0.15) is 4.98 Å². The average Bonchev–Trinajstić information content (AvgIpc) is 2.92. The van der Waals surface area contributed by atoms with E-state index in [0.29, 0.717) is 18.3 Å². The van der Waals surface area contributed by atoms with Gasteiger partial charge in [0.2, 0.25) is 5.95 Å². The van der Waals surface area contributed by atoms with Gasteiger partial charge in [0.05, 0.1) is 12.6 Å². The molecule has 3 aliphatic heterocycles. The summed E-state index contributed by atoms with van der Waals surface area (Å²) in [7, 11) is 3.94. The molecule has 0 radical (unpaired) electrons. The number of rotatable bonds is 4. The Kier molecular flexibility index (Phi) is 5.81. The van der Waals surface area contributed by atoms with E-state index in [1.54, 1.807) is 11.9 Å². The predicted molar refractivity (Wildman–Crippen MR) is 143 cm³/mol. The number of hydrogen-bond donors (Lipinski definition) is 2. The average molecular weight is 482 g/mol. The minimum Gasteiger partial charge on any atom is -0.385 e. The van der Waals surface area contributed by atoms with E-state index in [1.165, 1.54) is 11.1 Å². The zero-order valence-corrected chi connectivity index (χ0v) is 20.7. The maximum atomic E-state index is 13.4. The molecule has 1 atom stereocenters. The summed E-state index contributed by atoms with van der Waals surface area (Å²) >= 11 is 0. The Morgan fingerprint density at radius 1 is 1.08 bits per heavy atom. The Morgan fingerprint density at radius 3 is 2.72 bits per heavy atom. The third kappa shape index (κ3) is 4.18. The van der Waals surface area contributed by atoms with Crippen molar-refractivity contribution in [3.8, 4) is 0 Å². The van der Waals surface area contributed by atoms with Gasteiger partial charge in [0.25, 0.3) is 0 Å². The van der Waals surface area contributed by atoms with E-state index in [1.807, 2.05) is 23.2 Å². The van der Waals surface area contributed by atoms with Crippen molar-refractivity contribution >= 4 is 34.7 Å². The van der Waals surface area contributed by atoms with Gasteiger partial charge in [0.1, 0.15) is 5.82 Å². The van der Waals surface area contributed by atoms with E-state index in [4.69, 9.17) is 4.98 Å². The van der Waals surface area contributed by atoms with Crippen LogP contribution >= 0.6 is 0 Å². The molecule has 0 aliphatic carbocycles. The molecule has 8 nitrogen and oxygen atoms in total. The number of urea groups is 1. The van der Waals surface area contributed by atoms with E-state index in [2.05, 4.69) is 70.0 Å². The summed E-state index contributed by atoms with van der Waals surface area (Å²) in [5.74, 6) is 1.14. The van der Waals surface area contributed by atoms with Crippen LogP contribution in [0.4, 0.5) is 27.9 Å². The Labute approximate surface area is 211 Å². The molecule has 1 aromatic heterocycles. The number of aromatic nitrogens is 2. The minimum absolute atomic E-state index is 0.0292. The number of carbonyl (C=O) groups excluding carboxylic acids is 1. The van der Waals surface area contributed by atoms with Gasteiger partial charge in [-0.25, -0.2) is 9.78 Å². The maximum Gasteiger partial charge on any atom is 0.326 e. The third-order valence-corrected chi connectivity index (χ3v) is 7.39. The smallest absolute Gasteiger partial charge is 0.326 e. The number of amides is 2. The minimum atomic E-state index is -0.0374. The van der Waals surface area contributed by atoms with E-state index in [9.17, 15) is 4.79 Å². The number of fused-ring (bicyclic) bond motifs is 2. The molecule has 0 fully saturated rings. The molecular formula is C28H31N7O. The molecule has 3 aromatic rings. The zero-order chi connectivity index (χ0) is 24.6. The Bertz CT molecular complexity index is 1320. The molecular weight excluding hydrogens is 450 g/mol. The van der Waals surface area contributed by atoms with E-state index >= 15 is 0 Å². The van der Waals surface area contributed by atoms with Crippen molar-refractivity contribution in [2.75, 3.05) is 49.3 Å². The lowest BCUT2D eigenvalue weighted by molar-refractivity contribution is 0.170. The van der Waals surface area contributed by atoms with Crippen molar-refractivity contribution in [3.63, 3.8) is 0 Å². The number of para-hydroxylation sites is 1. The highest BCUT2D eigenvalue weighted by Crippen LogP contribution is 2.38. The first-order chi connectivity index (χ1) is 17.6. The number of nitrogens with zero attached hydrogens (tertiary/aromatic N) is 5. The standard InChI is InChI=1S/C28H31N7O/c1-33-15-12-20(13-16-33)19-7-9-22(10-8-19)31-27-30-17-21-18-35(28(36)34(2)26(21)32-27)25-11-14-29-24-6-4-3-5-23(24)25/h3-10,12,17,25,29H,11,13-16,18H2,1-2H3,(H,30,31,32). The summed E-state index contributed by atoms with van der Waals surface area (Å²) in [5, 5.41) is 6.75. The van der Waals surface area contributed by atoms with Crippen molar-refractivity contribution in [2.24, 2.45) is 0 Å². The van der Waals surface area contributed by atoms with E-state index in [0.717, 1.165) is 55.0 Å². The van der Waals surface area contributed by atoms with E-state index in [-0.39, 0.29) is 12.1 Å². The van der Waals surface area contributed by atoms with Crippen LogP contribution in [-0.2, 0) is 6.54 Å². The highest BCUT2D eigenvalue weighted by atomic mass is 16.2. The monoisotopic (exact) mass is 481 g/mol. The van der Waals surface area contributed by atoms with Gasteiger partial charge < -0.3 is 20.4 Å². The van der Waals surface area contributed by atoms with Crippen LogP contribution in [0.1, 0.15) is 35.6 Å². The molecule has 6 rings (SSSR count). The summed E-state index contributed by atoms with van der Waals surface area (Å²) in [6, 6.07) is 16.6. The summed E-state index contributed by atoms with van der Waals surface area (Å²) in [4.78, 5) is 28.6. The molecule has 0 saturated carbocycles. The Hall–Kier alpha value is -3.91. The normalized spacial score (nSPS) is 19.8. The maximum absolute atomic E-state index is 13.4. The van der Waals surface area contributed by atoms with Crippen LogP contribution in [0.5, 0.6) is 0 Å². The third-order valence-electron chi connectivity index (χ3n) is 7.39. The highest BCUT2D eigenvalue weighted by Gasteiger charge is 2.36. The Balaban J connectivity index is 1.20. The molecule has 0 bridgehead atoms. The quantitative estimate of drug-likeness (QED) is 0.554. The number of anilines is 4. The summed E-state index contributed by atoms with van der Waals surface area (Å²) in [6.45, 7) is 3.42. The highest BCUT2D eigenvalue weighted by molar-refractivity contribution is 5.93. The molecule has 4 heterocycles. The van der Waals surface area contributed by atoms with E-state index < -0.39 is 0 Å². The van der Waals surface area contributed by atoms with Gasteiger partial charge in [-0.3, -0.25) is 4.90 Å². The molecule has 8 heteroatoms. The van der Waals surface area contributed by atoms with Gasteiger partial charge >= 0.3 is 6.03 Å². The lowest BCUT2D eigenvalue weighted by Crippen LogP contribution is -2.48. The van der Waals surface area contributed by atoms with Crippen LogP contribution in [-0.4, -0.2) is 59.5 Å².